The van der Waals surface area contributed by atoms with Gasteiger partial charge in [0.05, 0.1) is 5.71 Å². The maximum atomic E-state index is 10.7. The Morgan fingerprint density at radius 1 is 1.16 bits per heavy atom. The molecule has 3 nitrogen and oxygen atoms in total. The van der Waals surface area contributed by atoms with Gasteiger partial charge in [0.25, 0.3) is 0 Å². The van der Waals surface area contributed by atoms with Crippen LogP contribution in [0.15, 0.2) is 59.8 Å². The number of rotatable bonds is 5. The van der Waals surface area contributed by atoms with Gasteiger partial charge in [-0.25, -0.2) is 0 Å². The Hall–Kier alpha value is -2.42. The molecule has 0 saturated carbocycles. The van der Waals surface area contributed by atoms with Gasteiger partial charge in [0.15, 0.2) is 0 Å². The van der Waals surface area contributed by atoms with Crippen molar-refractivity contribution in [2.24, 2.45) is 5.16 Å². The Labute approximate surface area is 112 Å². The molecule has 0 amide bonds. The summed E-state index contributed by atoms with van der Waals surface area (Å²) in [5, 5.41) is 4.07. The van der Waals surface area contributed by atoms with Crippen LogP contribution in [0.3, 0.4) is 0 Å². The maximum absolute atomic E-state index is 10.7. The predicted molar refractivity (Wildman–Crippen MR) is 75.3 cm³/mol. The molecule has 3 heteroatoms. The topological polar surface area (TPSA) is 38.7 Å². The number of oxime groups is 1. The van der Waals surface area contributed by atoms with E-state index in [0.717, 1.165) is 23.1 Å². The first kappa shape index (κ1) is 13.0. The number of nitrogens with zero attached hydrogens (tertiary/aromatic N) is 1. The van der Waals surface area contributed by atoms with Crippen molar-refractivity contribution in [3.05, 3.63) is 71.3 Å². The van der Waals surface area contributed by atoms with Crippen molar-refractivity contribution in [2.75, 3.05) is 0 Å². The van der Waals surface area contributed by atoms with E-state index in [1.54, 1.807) is 12.1 Å². The Kier molecular flexibility index (Phi) is 4.45. The summed E-state index contributed by atoms with van der Waals surface area (Å²) in [6.07, 6.45) is 0.821. The van der Waals surface area contributed by atoms with Crippen LogP contribution in [0, 0.1) is 0 Å². The van der Waals surface area contributed by atoms with Crippen LogP contribution in [0.5, 0.6) is 0 Å². The van der Waals surface area contributed by atoms with Crippen LogP contribution in [-0.2, 0) is 11.4 Å². The third-order valence-corrected chi connectivity index (χ3v) is 2.72. The van der Waals surface area contributed by atoms with Gasteiger partial charge in [0.2, 0.25) is 0 Å². The lowest BCUT2D eigenvalue weighted by Crippen LogP contribution is -1.97. The Morgan fingerprint density at radius 3 is 2.68 bits per heavy atom. The second kappa shape index (κ2) is 6.50. The fraction of sp³-hybridized carbons (Fsp3) is 0.125. The van der Waals surface area contributed by atoms with Crippen molar-refractivity contribution in [1.29, 1.82) is 0 Å². The largest absolute Gasteiger partial charge is 0.391 e. The monoisotopic (exact) mass is 253 g/mol. The van der Waals surface area contributed by atoms with Crippen LogP contribution in [0.4, 0.5) is 0 Å². The van der Waals surface area contributed by atoms with E-state index in [1.807, 2.05) is 49.4 Å². The second-order valence-electron chi connectivity index (χ2n) is 4.18. The standard InChI is InChI=1S/C16H15NO2/c1-13(16-9-5-8-15(10-16)11-18)17-19-12-14-6-3-2-4-7-14/h2-11H,12H2,1H3/b17-13+. The summed E-state index contributed by atoms with van der Waals surface area (Å²) in [6.45, 7) is 2.29. The van der Waals surface area contributed by atoms with Crippen LogP contribution in [-0.4, -0.2) is 12.0 Å². The van der Waals surface area contributed by atoms with Crippen LogP contribution in [0.25, 0.3) is 0 Å². The van der Waals surface area contributed by atoms with Crippen LogP contribution in [0.2, 0.25) is 0 Å². The average molecular weight is 253 g/mol. The summed E-state index contributed by atoms with van der Waals surface area (Å²) >= 11 is 0. The van der Waals surface area contributed by atoms with Gasteiger partial charge in [-0.15, -0.1) is 0 Å². The zero-order valence-corrected chi connectivity index (χ0v) is 10.7. The van der Waals surface area contributed by atoms with Gasteiger partial charge >= 0.3 is 0 Å². The summed E-state index contributed by atoms with van der Waals surface area (Å²) in [6, 6.07) is 17.1. The lowest BCUT2D eigenvalue weighted by Gasteiger charge is -2.03. The highest BCUT2D eigenvalue weighted by Gasteiger charge is 1.99. The summed E-state index contributed by atoms with van der Waals surface area (Å²) in [5.74, 6) is 0. The summed E-state index contributed by atoms with van der Waals surface area (Å²) in [5.41, 5.74) is 3.34. The average Bonchev–Trinajstić information content (AvgIpc) is 2.48. The summed E-state index contributed by atoms with van der Waals surface area (Å²) in [4.78, 5) is 16.0. The van der Waals surface area contributed by atoms with E-state index in [-0.39, 0.29) is 0 Å². The molecule has 0 fully saturated rings. The third kappa shape index (κ3) is 3.78. The van der Waals surface area contributed by atoms with Crippen molar-refractivity contribution < 1.29 is 9.63 Å². The first-order valence-corrected chi connectivity index (χ1v) is 6.05. The van der Waals surface area contributed by atoms with E-state index >= 15 is 0 Å². The maximum Gasteiger partial charge on any atom is 0.150 e. The fourth-order valence-corrected chi connectivity index (χ4v) is 1.67. The summed E-state index contributed by atoms with van der Waals surface area (Å²) < 4.78 is 0. The summed E-state index contributed by atoms with van der Waals surface area (Å²) in [7, 11) is 0. The predicted octanol–water partition coefficient (Wildman–Crippen LogP) is 3.44. The van der Waals surface area contributed by atoms with Crippen LogP contribution in [0.1, 0.15) is 28.4 Å². The number of carbonyl (C=O) groups is 1. The van der Waals surface area contributed by atoms with Gasteiger partial charge in [0.1, 0.15) is 12.9 Å². The molecule has 0 radical (unpaired) electrons. The quantitative estimate of drug-likeness (QED) is 0.465. The lowest BCUT2D eigenvalue weighted by atomic mass is 10.1. The van der Waals surface area contributed by atoms with E-state index in [4.69, 9.17) is 4.84 Å². The molecule has 2 aromatic carbocycles. The van der Waals surface area contributed by atoms with E-state index in [9.17, 15) is 4.79 Å². The van der Waals surface area contributed by atoms with Crippen LogP contribution >= 0.6 is 0 Å². The number of hydrogen-bond acceptors (Lipinski definition) is 3. The number of carbonyl (C=O) groups excluding carboxylic acids is 1. The van der Waals surface area contributed by atoms with Gasteiger partial charge in [-0.05, 0) is 24.1 Å². The van der Waals surface area contributed by atoms with Crippen LogP contribution < -0.4 is 0 Å². The number of aldehydes is 1. The van der Waals surface area contributed by atoms with Gasteiger partial charge < -0.3 is 4.84 Å². The fourth-order valence-electron chi connectivity index (χ4n) is 1.67. The highest BCUT2D eigenvalue weighted by atomic mass is 16.6. The minimum absolute atomic E-state index is 0.436. The molecule has 0 heterocycles. The van der Waals surface area contributed by atoms with E-state index in [1.165, 1.54) is 0 Å². The molecule has 0 bridgehead atoms. The van der Waals surface area contributed by atoms with Crippen molar-refractivity contribution in [3.8, 4) is 0 Å². The Morgan fingerprint density at radius 2 is 1.95 bits per heavy atom. The Balaban J connectivity index is 2.00. The van der Waals surface area contributed by atoms with Crippen molar-refractivity contribution in [2.45, 2.75) is 13.5 Å². The van der Waals surface area contributed by atoms with Gasteiger partial charge in [0, 0.05) is 5.56 Å². The molecule has 0 spiro atoms. The zero-order chi connectivity index (χ0) is 13.5. The molecule has 0 aromatic heterocycles. The molecule has 96 valence electrons. The van der Waals surface area contributed by atoms with Crippen molar-refractivity contribution in [3.63, 3.8) is 0 Å². The molecule has 0 aliphatic heterocycles. The molecule has 0 unspecified atom stereocenters. The molecule has 19 heavy (non-hydrogen) atoms. The van der Waals surface area contributed by atoms with E-state index in [2.05, 4.69) is 5.16 Å². The minimum Gasteiger partial charge on any atom is -0.391 e. The van der Waals surface area contributed by atoms with E-state index in [0.29, 0.717) is 12.2 Å². The molecular formula is C16H15NO2. The first-order valence-electron chi connectivity index (χ1n) is 6.05. The lowest BCUT2D eigenvalue weighted by molar-refractivity contribution is 0.112. The molecule has 0 N–H and O–H groups in total. The third-order valence-electron chi connectivity index (χ3n) is 2.72. The normalized spacial score (nSPS) is 11.1. The highest BCUT2D eigenvalue weighted by Crippen LogP contribution is 2.06. The van der Waals surface area contributed by atoms with Crippen molar-refractivity contribution >= 4 is 12.0 Å². The molecule has 0 saturated heterocycles. The number of benzene rings is 2. The van der Waals surface area contributed by atoms with Gasteiger partial charge in [-0.1, -0.05) is 53.7 Å². The Bertz CT molecular complexity index is 576. The molecule has 0 atom stereocenters. The number of hydrogen-bond donors (Lipinski definition) is 0. The van der Waals surface area contributed by atoms with Crippen molar-refractivity contribution in [1.82, 2.24) is 0 Å². The smallest absolute Gasteiger partial charge is 0.150 e. The molecule has 0 aliphatic rings. The molecular weight excluding hydrogens is 238 g/mol. The highest BCUT2D eigenvalue weighted by molar-refractivity contribution is 5.99. The molecule has 0 aliphatic carbocycles. The molecule has 2 rings (SSSR count). The zero-order valence-electron chi connectivity index (χ0n) is 10.7. The second-order valence-corrected chi connectivity index (χ2v) is 4.18. The van der Waals surface area contributed by atoms with E-state index < -0.39 is 0 Å². The van der Waals surface area contributed by atoms with Gasteiger partial charge in [-0.2, -0.15) is 0 Å². The molecule has 2 aromatic rings. The van der Waals surface area contributed by atoms with Gasteiger partial charge in [-0.3, -0.25) is 4.79 Å². The first-order chi connectivity index (χ1) is 9.29. The SMILES string of the molecule is C/C(=N\OCc1ccccc1)c1cccc(C=O)c1. The minimum atomic E-state index is 0.436.